The van der Waals surface area contributed by atoms with Gasteiger partial charge in [0.05, 0.1) is 0 Å². The molecule has 0 spiro atoms. The van der Waals surface area contributed by atoms with Gasteiger partial charge in [0.15, 0.2) is 0 Å². The van der Waals surface area contributed by atoms with E-state index in [1.807, 2.05) is 17.8 Å². The summed E-state index contributed by atoms with van der Waals surface area (Å²) in [6.45, 7) is 4.28. The van der Waals surface area contributed by atoms with Crippen LogP contribution in [0.1, 0.15) is 12.8 Å². The first kappa shape index (κ1) is 13.1. The van der Waals surface area contributed by atoms with Gasteiger partial charge in [-0.1, -0.05) is 6.07 Å². The van der Waals surface area contributed by atoms with Crippen LogP contribution in [-0.2, 0) is 0 Å². The number of nitrogens with one attached hydrogen (secondary N) is 1. The second-order valence-corrected chi connectivity index (χ2v) is 6.23. The molecule has 1 aromatic rings. The summed E-state index contributed by atoms with van der Waals surface area (Å²) in [6.07, 6.45) is 2.47. The van der Waals surface area contributed by atoms with Gasteiger partial charge in [-0.25, -0.2) is 0 Å². The van der Waals surface area contributed by atoms with Crippen LogP contribution < -0.4 is 15.0 Å². The van der Waals surface area contributed by atoms with Gasteiger partial charge >= 0.3 is 0 Å². The topological polar surface area (TPSA) is 37.4 Å². The van der Waals surface area contributed by atoms with Crippen molar-refractivity contribution in [3.8, 4) is 5.88 Å². The minimum absolute atomic E-state index is 0.320. The van der Waals surface area contributed by atoms with Crippen molar-refractivity contribution in [3.63, 3.8) is 0 Å². The van der Waals surface area contributed by atoms with Crippen molar-refractivity contribution < 1.29 is 4.74 Å². The van der Waals surface area contributed by atoms with Gasteiger partial charge in [0.1, 0.15) is 11.9 Å². The number of hydrogen-bond donors (Lipinski definition) is 1. The minimum Gasteiger partial charge on any atom is -0.474 e. The number of nitrogens with zero attached hydrogens (tertiary/aromatic N) is 2. The standard InChI is InChI=1S/C14H21N3OS/c1-2-13(17-8-10-19-11-9-17)16-14(3-1)18-12-4-6-15-7-5-12/h1-3,12,15H,4-11H2. The Hall–Kier alpha value is -0.940. The lowest BCUT2D eigenvalue weighted by atomic mass is 10.1. The molecule has 3 heterocycles. The van der Waals surface area contributed by atoms with E-state index in [1.54, 1.807) is 0 Å². The van der Waals surface area contributed by atoms with E-state index in [0.717, 1.165) is 50.7 Å². The number of ether oxygens (including phenoxy) is 1. The van der Waals surface area contributed by atoms with E-state index >= 15 is 0 Å². The highest BCUT2D eigenvalue weighted by atomic mass is 32.2. The molecule has 19 heavy (non-hydrogen) atoms. The highest BCUT2D eigenvalue weighted by molar-refractivity contribution is 7.99. The molecule has 2 aliphatic heterocycles. The number of thioether (sulfide) groups is 1. The van der Waals surface area contributed by atoms with Crippen LogP contribution in [0.5, 0.6) is 5.88 Å². The lowest BCUT2D eigenvalue weighted by molar-refractivity contribution is 0.156. The van der Waals surface area contributed by atoms with Crippen LogP contribution in [0, 0.1) is 0 Å². The molecule has 1 N–H and O–H groups in total. The maximum atomic E-state index is 6.00. The van der Waals surface area contributed by atoms with E-state index < -0.39 is 0 Å². The lowest BCUT2D eigenvalue weighted by Gasteiger charge is -2.28. The molecule has 1 aromatic heterocycles. The highest BCUT2D eigenvalue weighted by Gasteiger charge is 2.16. The van der Waals surface area contributed by atoms with E-state index in [0.29, 0.717) is 6.10 Å². The first-order chi connectivity index (χ1) is 9.42. The van der Waals surface area contributed by atoms with Crippen molar-refractivity contribution in [1.29, 1.82) is 0 Å². The van der Waals surface area contributed by atoms with Crippen molar-refractivity contribution >= 4 is 17.6 Å². The van der Waals surface area contributed by atoms with Gasteiger partial charge in [-0.3, -0.25) is 0 Å². The van der Waals surface area contributed by atoms with Crippen LogP contribution in [0.25, 0.3) is 0 Å². The van der Waals surface area contributed by atoms with Crippen LogP contribution in [0.4, 0.5) is 5.82 Å². The predicted molar refractivity (Wildman–Crippen MR) is 80.3 cm³/mol. The average molecular weight is 279 g/mol. The average Bonchev–Trinajstić information content (AvgIpc) is 2.49. The summed E-state index contributed by atoms with van der Waals surface area (Å²) in [5, 5.41) is 3.35. The first-order valence-electron chi connectivity index (χ1n) is 7.09. The minimum atomic E-state index is 0.320. The number of rotatable bonds is 3. The van der Waals surface area contributed by atoms with Crippen molar-refractivity contribution in [2.24, 2.45) is 0 Å². The molecule has 0 radical (unpaired) electrons. The van der Waals surface area contributed by atoms with Gasteiger partial charge in [0, 0.05) is 30.7 Å². The molecule has 2 saturated heterocycles. The molecule has 0 atom stereocenters. The maximum absolute atomic E-state index is 6.00. The molecule has 2 fully saturated rings. The highest BCUT2D eigenvalue weighted by Crippen LogP contribution is 2.21. The Morgan fingerprint density at radius 3 is 2.79 bits per heavy atom. The van der Waals surface area contributed by atoms with Gasteiger partial charge in [0.25, 0.3) is 0 Å². The fourth-order valence-electron chi connectivity index (χ4n) is 2.52. The van der Waals surface area contributed by atoms with Gasteiger partial charge < -0.3 is 15.0 Å². The summed E-state index contributed by atoms with van der Waals surface area (Å²) < 4.78 is 6.00. The quantitative estimate of drug-likeness (QED) is 0.912. The molecule has 0 aliphatic carbocycles. The molecule has 0 unspecified atom stereocenters. The number of anilines is 1. The fraction of sp³-hybridized carbons (Fsp3) is 0.643. The predicted octanol–water partition coefficient (Wildman–Crippen LogP) is 1.77. The van der Waals surface area contributed by atoms with Crippen molar-refractivity contribution in [1.82, 2.24) is 10.3 Å². The van der Waals surface area contributed by atoms with Gasteiger partial charge in [-0.2, -0.15) is 16.7 Å². The first-order valence-corrected chi connectivity index (χ1v) is 8.24. The van der Waals surface area contributed by atoms with Crippen molar-refractivity contribution in [3.05, 3.63) is 18.2 Å². The fourth-order valence-corrected chi connectivity index (χ4v) is 3.43. The van der Waals surface area contributed by atoms with Gasteiger partial charge in [-0.15, -0.1) is 0 Å². The monoisotopic (exact) mass is 279 g/mol. The summed E-state index contributed by atoms with van der Waals surface area (Å²) in [5.74, 6) is 4.23. The Bertz CT molecular complexity index is 403. The molecule has 0 saturated carbocycles. The van der Waals surface area contributed by atoms with Crippen LogP contribution in [-0.4, -0.2) is 48.8 Å². The molecule has 5 heteroatoms. The summed E-state index contributed by atoms with van der Waals surface area (Å²) in [4.78, 5) is 7.02. The smallest absolute Gasteiger partial charge is 0.215 e. The third-order valence-corrected chi connectivity index (χ3v) is 4.56. The third-order valence-electron chi connectivity index (χ3n) is 3.62. The summed E-state index contributed by atoms with van der Waals surface area (Å²) >= 11 is 2.02. The molecule has 3 rings (SSSR count). The van der Waals surface area contributed by atoms with Crippen LogP contribution in [0.15, 0.2) is 18.2 Å². The zero-order valence-corrected chi connectivity index (χ0v) is 12.0. The second kappa shape index (κ2) is 6.48. The number of pyridine rings is 1. The summed E-state index contributed by atoms with van der Waals surface area (Å²) in [5.41, 5.74) is 0. The second-order valence-electron chi connectivity index (χ2n) is 5.00. The van der Waals surface area contributed by atoms with E-state index in [1.165, 1.54) is 11.5 Å². The Morgan fingerprint density at radius 2 is 2.00 bits per heavy atom. The van der Waals surface area contributed by atoms with E-state index in [-0.39, 0.29) is 0 Å². The van der Waals surface area contributed by atoms with Crippen LogP contribution in [0.3, 0.4) is 0 Å². The SMILES string of the molecule is c1cc(OC2CCNCC2)nc(N2CCSCC2)c1. The Balaban J connectivity index is 1.64. The molecule has 4 nitrogen and oxygen atoms in total. The van der Waals surface area contributed by atoms with E-state index in [4.69, 9.17) is 4.74 Å². The summed E-state index contributed by atoms with van der Waals surface area (Å²) in [6, 6.07) is 6.12. The third kappa shape index (κ3) is 3.54. The van der Waals surface area contributed by atoms with E-state index in [9.17, 15) is 0 Å². The Kier molecular flexibility index (Phi) is 4.45. The van der Waals surface area contributed by atoms with E-state index in [2.05, 4.69) is 27.3 Å². The number of piperidine rings is 1. The van der Waals surface area contributed by atoms with Crippen molar-refractivity contribution in [2.75, 3.05) is 42.6 Å². The maximum Gasteiger partial charge on any atom is 0.215 e. The van der Waals surface area contributed by atoms with Crippen LogP contribution in [0.2, 0.25) is 0 Å². The normalized spacial score (nSPS) is 21.4. The molecule has 2 aliphatic rings. The molecule has 104 valence electrons. The van der Waals surface area contributed by atoms with Gasteiger partial charge in [-0.05, 0) is 32.0 Å². The zero-order chi connectivity index (χ0) is 12.9. The Labute approximate surface area is 118 Å². The molecular weight excluding hydrogens is 258 g/mol. The molecule has 0 bridgehead atoms. The largest absolute Gasteiger partial charge is 0.474 e. The number of hydrogen-bond acceptors (Lipinski definition) is 5. The zero-order valence-electron chi connectivity index (χ0n) is 11.2. The molecule has 0 amide bonds. The molecular formula is C14H21N3OS. The Morgan fingerprint density at radius 1 is 1.21 bits per heavy atom. The van der Waals surface area contributed by atoms with Crippen molar-refractivity contribution in [2.45, 2.75) is 18.9 Å². The van der Waals surface area contributed by atoms with Crippen LogP contribution >= 0.6 is 11.8 Å². The van der Waals surface area contributed by atoms with Gasteiger partial charge in [0.2, 0.25) is 5.88 Å². The lowest BCUT2D eigenvalue weighted by Crippen LogP contribution is -2.35. The number of aromatic nitrogens is 1. The molecule has 0 aromatic carbocycles. The summed E-state index contributed by atoms with van der Waals surface area (Å²) in [7, 11) is 0.